The van der Waals surface area contributed by atoms with Crippen molar-refractivity contribution in [1.82, 2.24) is 4.98 Å². The Morgan fingerprint density at radius 1 is 1.00 bits per heavy atom. The molecule has 0 saturated carbocycles. The Bertz CT molecular complexity index is 661. The molecular weight excluding hydrogens is 277 g/mol. The normalized spacial score (nSPS) is 11.8. The maximum absolute atomic E-state index is 14.0. The van der Waals surface area contributed by atoms with Gasteiger partial charge in [-0.05, 0) is 37.6 Å². The second kappa shape index (κ2) is 4.85. The minimum absolute atomic E-state index is 0.0381. The number of hydrogen-bond acceptors (Lipinski definition) is 1. The third-order valence-electron chi connectivity index (χ3n) is 2.92. The molecule has 0 radical (unpaired) electrons. The van der Waals surface area contributed by atoms with Crippen LogP contribution in [0.1, 0.15) is 16.7 Å². The van der Waals surface area contributed by atoms with Gasteiger partial charge in [0, 0.05) is 17.3 Å². The van der Waals surface area contributed by atoms with Gasteiger partial charge in [-0.3, -0.25) is 4.98 Å². The third-order valence-corrected chi connectivity index (χ3v) is 2.92. The lowest BCUT2D eigenvalue weighted by molar-refractivity contribution is -0.140. The standard InChI is InChI=1S/C14H10F5N/c1-7-3-4-20-11(5-7)9-6-10(14(17,18)19)13(16)8(2)12(9)15/h3-6H,1-2H3. The molecule has 1 aromatic heterocycles. The van der Waals surface area contributed by atoms with Gasteiger partial charge in [0.05, 0.1) is 11.3 Å². The number of benzene rings is 1. The molecule has 0 spiro atoms. The molecule has 0 N–H and O–H groups in total. The molecule has 0 aliphatic carbocycles. The van der Waals surface area contributed by atoms with Crippen LogP contribution in [-0.2, 0) is 6.18 Å². The highest BCUT2D eigenvalue weighted by molar-refractivity contribution is 5.63. The van der Waals surface area contributed by atoms with E-state index in [0.717, 1.165) is 6.92 Å². The highest BCUT2D eigenvalue weighted by Gasteiger charge is 2.36. The monoisotopic (exact) mass is 287 g/mol. The molecule has 1 nitrogen and oxygen atoms in total. The number of alkyl halides is 3. The number of pyridine rings is 1. The molecule has 0 aliphatic heterocycles. The predicted octanol–water partition coefficient (Wildman–Crippen LogP) is 4.66. The average molecular weight is 287 g/mol. The van der Waals surface area contributed by atoms with Crippen molar-refractivity contribution in [2.24, 2.45) is 0 Å². The Morgan fingerprint density at radius 3 is 2.20 bits per heavy atom. The first-order chi connectivity index (χ1) is 9.21. The summed E-state index contributed by atoms with van der Waals surface area (Å²) < 4.78 is 65.8. The van der Waals surface area contributed by atoms with Crippen LogP contribution in [0.5, 0.6) is 0 Å². The summed E-state index contributed by atoms with van der Waals surface area (Å²) in [4.78, 5) is 3.83. The summed E-state index contributed by atoms with van der Waals surface area (Å²) in [5.41, 5.74) is -1.77. The lowest BCUT2D eigenvalue weighted by Crippen LogP contribution is -2.11. The summed E-state index contributed by atoms with van der Waals surface area (Å²) in [6.45, 7) is 2.67. The molecule has 2 aromatic rings. The predicted molar refractivity (Wildman–Crippen MR) is 64.1 cm³/mol. The molecule has 106 valence electrons. The van der Waals surface area contributed by atoms with E-state index < -0.39 is 28.9 Å². The number of rotatable bonds is 1. The lowest BCUT2D eigenvalue weighted by atomic mass is 10.0. The molecule has 2 rings (SSSR count). The Morgan fingerprint density at radius 2 is 1.65 bits per heavy atom. The first-order valence-corrected chi connectivity index (χ1v) is 5.70. The topological polar surface area (TPSA) is 12.9 Å². The Labute approximate surface area is 112 Å². The van der Waals surface area contributed by atoms with Gasteiger partial charge in [-0.25, -0.2) is 8.78 Å². The van der Waals surface area contributed by atoms with Crippen molar-refractivity contribution >= 4 is 0 Å². The van der Waals surface area contributed by atoms with Crippen molar-refractivity contribution in [2.45, 2.75) is 20.0 Å². The summed E-state index contributed by atoms with van der Waals surface area (Å²) >= 11 is 0. The summed E-state index contributed by atoms with van der Waals surface area (Å²) in [5.74, 6) is -2.62. The van der Waals surface area contributed by atoms with Gasteiger partial charge in [0.2, 0.25) is 0 Å². The van der Waals surface area contributed by atoms with E-state index in [1.165, 1.54) is 12.3 Å². The fourth-order valence-corrected chi connectivity index (χ4v) is 1.85. The highest BCUT2D eigenvalue weighted by Crippen LogP contribution is 2.37. The zero-order valence-electron chi connectivity index (χ0n) is 10.6. The van der Waals surface area contributed by atoms with Gasteiger partial charge < -0.3 is 0 Å². The van der Waals surface area contributed by atoms with Gasteiger partial charge in [0.25, 0.3) is 0 Å². The van der Waals surface area contributed by atoms with E-state index in [1.54, 1.807) is 13.0 Å². The summed E-state index contributed by atoms with van der Waals surface area (Å²) in [5, 5.41) is 0. The van der Waals surface area contributed by atoms with Crippen LogP contribution in [0.2, 0.25) is 0 Å². The third kappa shape index (κ3) is 2.50. The molecule has 6 heteroatoms. The van der Waals surface area contributed by atoms with E-state index in [4.69, 9.17) is 0 Å². The minimum atomic E-state index is -4.89. The molecule has 1 aromatic carbocycles. The number of nitrogens with zero attached hydrogens (tertiary/aromatic N) is 1. The van der Waals surface area contributed by atoms with E-state index in [0.29, 0.717) is 11.6 Å². The first-order valence-electron chi connectivity index (χ1n) is 5.70. The summed E-state index contributed by atoms with van der Waals surface area (Å²) in [6.07, 6.45) is -3.53. The molecule has 0 aliphatic rings. The van der Waals surface area contributed by atoms with E-state index in [1.807, 2.05) is 0 Å². The van der Waals surface area contributed by atoms with E-state index in [-0.39, 0.29) is 11.3 Å². The van der Waals surface area contributed by atoms with E-state index in [9.17, 15) is 22.0 Å². The molecule has 0 saturated heterocycles. The van der Waals surface area contributed by atoms with Crippen molar-refractivity contribution in [1.29, 1.82) is 0 Å². The zero-order valence-corrected chi connectivity index (χ0v) is 10.6. The second-order valence-electron chi connectivity index (χ2n) is 4.44. The zero-order chi connectivity index (χ0) is 15.1. The molecule has 20 heavy (non-hydrogen) atoms. The van der Waals surface area contributed by atoms with Gasteiger partial charge in [0.15, 0.2) is 0 Å². The Balaban J connectivity index is 2.75. The first kappa shape index (κ1) is 14.4. The molecule has 1 heterocycles. The number of aromatic nitrogens is 1. The smallest absolute Gasteiger partial charge is 0.256 e. The average Bonchev–Trinajstić information content (AvgIpc) is 2.34. The molecular formula is C14H10F5N. The van der Waals surface area contributed by atoms with Gasteiger partial charge >= 0.3 is 6.18 Å². The van der Waals surface area contributed by atoms with Crippen LogP contribution in [0, 0.1) is 25.5 Å². The van der Waals surface area contributed by atoms with Gasteiger partial charge in [-0.15, -0.1) is 0 Å². The van der Waals surface area contributed by atoms with E-state index in [2.05, 4.69) is 4.98 Å². The maximum Gasteiger partial charge on any atom is 0.419 e. The lowest BCUT2D eigenvalue weighted by Gasteiger charge is -2.14. The molecule has 0 bridgehead atoms. The number of halogens is 5. The Kier molecular flexibility index (Phi) is 3.50. The second-order valence-corrected chi connectivity index (χ2v) is 4.44. The number of aryl methyl sites for hydroxylation is 1. The van der Waals surface area contributed by atoms with Crippen LogP contribution in [0.4, 0.5) is 22.0 Å². The van der Waals surface area contributed by atoms with Gasteiger partial charge in [0.1, 0.15) is 11.6 Å². The van der Waals surface area contributed by atoms with Crippen molar-refractivity contribution in [3.8, 4) is 11.3 Å². The fraction of sp³-hybridized carbons (Fsp3) is 0.214. The van der Waals surface area contributed by atoms with Crippen molar-refractivity contribution in [2.75, 3.05) is 0 Å². The van der Waals surface area contributed by atoms with Crippen LogP contribution in [0.15, 0.2) is 24.4 Å². The largest absolute Gasteiger partial charge is 0.419 e. The number of hydrogen-bond donors (Lipinski definition) is 0. The SMILES string of the molecule is Cc1ccnc(-c2cc(C(F)(F)F)c(F)c(C)c2F)c1. The quantitative estimate of drug-likeness (QED) is 0.695. The fourth-order valence-electron chi connectivity index (χ4n) is 1.85. The molecule has 0 amide bonds. The van der Waals surface area contributed by atoms with Gasteiger partial charge in [-0.1, -0.05) is 0 Å². The van der Waals surface area contributed by atoms with Crippen LogP contribution >= 0.6 is 0 Å². The molecule has 0 unspecified atom stereocenters. The molecule has 0 fully saturated rings. The van der Waals surface area contributed by atoms with Crippen LogP contribution in [0.25, 0.3) is 11.3 Å². The van der Waals surface area contributed by atoms with Crippen LogP contribution in [0.3, 0.4) is 0 Å². The summed E-state index contributed by atoms with van der Waals surface area (Å²) in [6, 6.07) is 3.53. The van der Waals surface area contributed by atoms with Crippen molar-refractivity contribution < 1.29 is 22.0 Å². The van der Waals surface area contributed by atoms with Crippen molar-refractivity contribution in [3.63, 3.8) is 0 Å². The maximum atomic E-state index is 14.0. The van der Waals surface area contributed by atoms with Crippen LogP contribution in [-0.4, -0.2) is 4.98 Å². The minimum Gasteiger partial charge on any atom is -0.256 e. The highest BCUT2D eigenvalue weighted by atomic mass is 19.4. The Hall–Kier alpha value is -1.98. The van der Waals surface area contributed by atoms with E-state index >= 15 is 0 Å². The summed E-state index contributed by atoms with van der Waals surface area (Å²) in [7, 11) is 0. The molecule has 0 atom stereocenters. The van der Waals surface area contributed by atoms with Gasteiger partial charge in [-0.2, -0.15) is 13.2 Å². The van der Waals surface area contributed by atoms with Crippen molar-refractivity contribution in [3.05, 3.63) is 52.7 Å². The van der Waals surface area contributed by atoms with Crippen LogP contribution < -0.4 is 0 Å².